The minimum absolute atomic E-state index is 0.0748. The molecule has 1 aliphatic heterocycles. The zero-order chi connectivity index (χ0) is 15.5. The molecule has 0 saturated carbocycles. The molecular weight excluding hydrogens is 284 g/mol. The number of anilines is 2. The van der Waals surface area contributed by atoms with Crippen LogP contribution in [-0.2, 0) is 4.74 Å². The summed E-state index contributed by atoms with van der Waals surface area (Å²) in [7, 11) is 0. The van der Waals surface area contributed by atoms with Crippen molar-refractivity contribution in [2.75, 3.05) is 18.1 Å². The Kier molecular flexibility index (Phi) is 4.39. The molecule has 1 saturated heterocycles. The Morgan fingerprint density at radius 3 is 2.55 bits per heavy atom. The van der Waals surface area contributed by atoms with Gasteiger partial charge in [0.15, 0.2) is 0 Å². The Labute approximate surface area is 129 Å². The van der Waals surface area contributed by atoms with E-state index in [1.54, 1.807) is 0 Å². The first-order valence-corrected chi connectivity index (χ1v) is 7.54. The number of nitrogens with zero attached hydrogens (tertiary/aromatic N) is 1. The van der Waals surface area contributed by atoms with Crippen molar-refractivity contribution >= 4 is 11.4 Å². The molecule has 116 valence electrons. The second-order valence-corrected chi connectivity index (χ2v) is 5.68. The van der Waals surface area contributed by atoms with Crippen LogP contribution in [0.25, 0.3) is 0 Å². The average molecular weight is 303 g/mol. The van der Waals surface area contributed by atoms with Crippen LogP contribution in [0.3, 0.4) is 0 Å². The first-order chi connectivity index (χ1) is 10.6. The fourth-order valence-electron chi connectivity index (χ4n) is 2.76. The molecule has 1 heterocycles. The van der Waals surface area contributed by atoms with Crippen molar-refractivity contribution in [2.45, 2.75) is 25.9 Å². The number of hydrogen-bond acceptors (Lipinski definition) is 2. The lowest BCUT2D eigenvalue weighted by Gasteiger charge is -2.28. The van der Waals surface area contributed by atoms with Gasteiger partial charge in [-0.15, -0.1) is 0 Å². The lowest BCUT2D eigenvalue weighted by atomic mass is 10.1. The lowest BCUT2D eigenvalue weighted by Crippen LogP contribution is -2.29. The topological polar surface area (TPSA) is 12.5 Å². The minimum Gasteiger partial charge on any atom is -0.376 e. The van der Waals surface area contributed by atoms with Crippen LogP contribution in [0.15, 0.2) is 42.5 Å². The third-order valence-electron chi connectivity index (χ3n) is 3.96. The van der Waals surface area contributed by atoms with Crippen molar-refractivity contribution in [3.8, 4) is 0 Å². The Morgan fingerprint density at radius 2 is 1.91 bits per heavy atom. The summed E-state index contributed by atoms with van der Waals surface area (Å²) in [6.07, 6.45) is 2.06. The molecule has 0 bridgehead atoms. The standard InChI is InChI=1S/C18H19F2NO/c1-13-4-7-15(8-5-13)21(12-16-3-2-10-22-16)18-9-6-14(19)11-17(18)20/h4-9,11,16H,2-3,10,12H2,1H3. The molecule has 0 aliphatic carbocycles. The van der Waals surface area contributed by atoms with E-state index in [4.69, 9.17) is 4.74 Å². The van der Waals surface area contributed by atoms with Crippen LogP contribution in [0.1, 0.15) is 18.4 Å². The molecule has 0 aromatic heterocycles. The molecule has 1 aliphatic rings. The van der Waals surface area contributed by atoms with Crippen molar-refractivity contribution in [3.63, 3.8) is 0 Å². The van der Waals surface area contributed by atoms with Crippen LogP contribution < -0.4 is 4.90 Å². The summed E-state index contributed by atoms with van der Waals surface area (Å²) < 4.78 is 33.1. The van der Waals surface area contributed by atoms with Crippen LogP contribution in [-0.4, -0.2) is 19.3 Å². The van der Waals surface area contributed by atoms with Gasteiger partial charge in [-0.1, -0.05) is 17.7 Å². The fourth-order valence-corrected chi connectivity index (χ4v) is 2.76. The van der Waals surface area contributed by atoms with E-state index in [1.807, 2.05) is 36.1 Å². The van der Waals surface area contributed by atoms with Gasteiger partial charge in [-0.25, -0.2) is 8.78 Å². The van der Waals surface area contributed by atoms with E-state index in [9.17, 15) is 8.78 Å². The molecule has 1 fully saturated rings. The summed E-state index contributed by atoms with van der Waals surface area (Å²) in [5.74, 6) is -1.12. The molecule has 3 rings (SSSR count). The van der Waals surface area contributed by atoms with Gasteiger partial charge in [0.25, 0.3) is 0 Å². The predicted molar refractivity (Wildman–Crippen MR) is 83.5 cm³/mol. The van der Waals surface area contributed by atoms with Crippen molar-refractivity contribution in [1.29, 1.82) is 0 Å². The number of halogens is 2. The summed E-state index contributed by atoms with van der Waals surface area (Å²) in [5.41, 5.74) is 2.40. The summed E-state index contributed by atoms with van der Waals surface area (Å²) in [6, 6.07) is 11.6. The van der Waals surface area contributed by atoms with Gasteiger partial charge >= 0.3 is 0 Å². The summed E-state index contributed by atoms with van der Waals surface area (Å²) in [4.78, 5) is 1.87. The monoisotopic (exact) mass is 303 g/mol. The summed E-state index contributed by atoms with van der Waals surface area (Å²) in [5, 5.41) is 0. The van der Waals surface area contributed by atoms with Gasteiger partial charge in [-0.3, -0.25) is 0 Å². The number of benzene rings is 2. The first-order valence-electron chi connectivity index (χ1n) is 7.54. The highest BCUT2D eigenvalue weighted by Gasteiger charge is 2.22. The maximum Gasteiger partial charge on any atom is 0.149 e. The van der Waals surface area contributed by atoms with Crippen molar-refractivity contribution in [3.05, 3.63) is 59.7 Å². The van der Waals surface area contributed by atoms with Crippen LogP contribution in [0.4, 0.5) is 20.2 Å². The third kappa shape index (κ3) is 3.28. The van der Waals surface area contributed by atoms with E-state index in [2.05, 4.69) is 0 Å². The number of hydrogen-bond donors (Lipinski definition) is 0. The van der Waals surface area contributed by atoms with Crippen LogP contribution in [0.2, 0.25) is 0 Å². The largest absolute Gasteiger partial charge is 0.376 e. The van der Waals surface area contributed by atoms with E-state index >= 15 is 0 Å². The molecule has 1 unspecified atom stereocenters. The predicted octanol–water partition coefficient (Wildman–Crippen LogP) is 4.59. The zero-order valence-corrected chi connectivity index (χ0v) is 12.6. The van der Waals surface area contributed by atoms with Crippen LogP contribution in [0.5, 0.6) is 0 Å². The molecule has 1 atom stereocenters. The molecule has 0 spiro atoms. The highest BCUT2D eigenvalue weighted by atomic mass is 19.1. The van der Waals surface area contributed by atoms with Gasteiger partial charge in [0.2, 0.25) is 0 Å². The normalized spacial score (nSPS) is 17.7. The van der Waals surface area contributed by atoms with E-state index in [0.717, 1.165) is 36.8 Å². The second-order valence-electron chi connectivity index (χ2n) is 5.68. The maximum absolute atomic E-state index is 14.2. The SMILES string of the molecule is Cc1ccc(N(CC2CCCO2)c2ccc(F)cc2F)cc1. The van der Waals surface area contributed by atoms with Gasteiger partial charge in [0, 0.05) is 24.9 Å². The molecule has 22 heavy (non-hydrogen) atoms. The van der Waals surface area contributed by atoms with Gasteiger partial charge < -0.3 is 9.64 Å². The van der Waals surface area contributed by atoms with Crippen LogP contribution >= 0.6 is 0 Å². The van der Waals surface area contributed by atoms with Gasteiger partial charge in [0.1, 0.15) is 11.6 Å². The quantitative estimate of drug-likeness (QED) is 0.819. The zero-order valence-electron chi connectivity index (χ0n) is 12.6. The number of aryl methyl sites for hydroxylation is 1. The molecule has 4 heteroatoms. The maximum atomic E-state index is 14.2. The molecule has 2 aromatic carbocycles. The smallest absolute Gasteiger partial charge is 0.149 e. The molecule has 2 aromatic rings. The van der Waals surface area contributed by atoms with Crippen molar-refractivity contribution in [2.24, 2.45) is 0 Å². The van der Waals surface area contributed by atoms with Gasteiger partial charge in [-0.05, 0) is 44.0 Å². The minimum atomic E-state index is -0.567. The first kappa shape index (κ1) is 15.0. The van der Waals surface area contributed by atoms with Crippen LogP contribution in [0, 0.1) is 18.6 Å². The summed E-state index contributed by atoms with van der Waals surface area (Å²) >= 11 is 0. The Morgan fingerprint density at radius 1 is 1.14 bits per heavy atom. The average Bonchev–Trinajstić information content (AvgIpc) is 2.99. The van der Waals surface area contributed by atoms with Gasteiger partial charge in [0.05, 0.1) is 11.8 Å². The van der Waals surface area contributed by atoms with Crippen molar-refractivity contribution < 1.29 is 13.5 Å². The Balaban J connectivity index is 1.95. The Bertz CT molecular complexity index is 636. The molecule has 0 amide bonds. The molecule has 0 radical (unpaired) electrons. The fraction of sp³-hybridized carbons (Fsp3) is 0.333. The summed E-state index contributed by atoms with van der Waals surface area (Å²) in [6.45, 7) is 3.32. The highest BCUT2D eigenvalue weighted by Crippen LogP contribution is 2.30. The van der Waals surface area contributed by atoms with Gasteiger partial charge in [-0.2, -0.15) is 0 Å². The number of ether oxygens (including phenoxy) is 1. The molecular formula is C18H19F2NO. The van der Waals surface area contributed by atoms with E-state index < -0.39 is 11.6 Å². The molecule has 2 nitrogen and oxygen atoms in total. The lowest BCUT2D eigenvalue weighted by molar-refractivity contribution is 0.117. The van der Waals surface area contributed by atoms with E-state index in [1.165, 1.54) is 12.1 Å². The van der Waals surface area contributed by atoms with Crippen molar-refractivity contribution in [1.82, 2.24) is 0 Å². The molecule has 0 N–H and O–H groups in total. The number of rotatable bonds is 4. The second kappa shape index (κ2) is 6.44. The highest BCUT2D eigenvalue weighted by molar-refractivity contribution is 5.64. The van der Waals surface area contributed by atoms with E-state index in [-0.39, 0.29) is 6.10 Å². The Hall–Kier alpha value is -1.94. The third-order valence-corrected chi connectivity index (χ3v) is 3.96. The van der Waals surface area contributed by atoms with E-state index in [0.29, 0.717) is 12.2 Å².